The van der Waals surface area contributed by atoms with Crippen LogP contribution in [0.15, 0.2) is 17.5 Å². The fourth-order valence-corrected chi connectivity index (χ4v) is 2.03. The van der Waals surface area contributed by atoms with Gasteiger partial charge in [-0.15, -0.1) is 11.3 Å². The van der Waals surface area contributed by atoms with Gasteiger partial charge in [-0.3, -0.25) is 0 Å². The molecule has 11 heavy (non-hydrogen) atoms. The van der Waals surface area contributed by atoms with E-state index in [0.29, 0.717) is 5.92 Å². The highest BCUT2D eigenvalue weighted by Gasteiger charge is 2.26. The van der Waals surface area contributed by atoms with E-state index in [9.17, 15) is 5.11 Å². The van der Waals surface area contributed by atoms with Crippen molar-refractivity contribution in [3.05, 3.63) is 22.4 Å². The van der Waals surface area contributed by atoms with Crippen LogP contribution in [0.3, 0.4) is 0 Å². The zero-order chi connectivity index (χ0) is 7.68. The topological polar surface area (TPSA) is 32.3 Å². The van der Waals surface area contributed by atoms with Gasteiger partial charge in [0.25, 0.3) is 0 Å². The van der Waals surface area contributed by atoms with Crippen molar-refractivity contribution in [2.75, 3.05) is 13.1 Å². The van der Waals surface area contributed by atoms with Crippen LogP contribution >= 0.6 is 11.3 Å². The number of thiophene rings is 1. The molecular weight excluding hydrogens is 158 g/mol. The fourth-order valence-electron chi connectivity index (χ4n) is 1.23. The quantitative estimate of drug-likeness (QED) is 0.692. The second-order valence-corrected chi connectivity index (χ2v) is 3.86. The minimum atomic E-state index is -0.240. The molecule has 2 N–H and O–H groups in total. The standard InChI is InChI=1S/C8H11NOS/c10-8(6-4-9-5-6)7-2-1-3-11-7/h1-3,6,8-10H,4-5H2. The highest BCUT2D eigenvalue weighted by atomic mass is 32.1. The number of nitrogens with one attached hydrogen (secondary N) is 1. The maximum atomic E-state index is 9.70. The molecule has 0 amide bonds. The van der Waals surface area contributed by atoms with Crippen molar-refractivity contribution in [3.8, 4) is 0 Å². The van der Waals surface area contributed by atoms with Crippen LogP contribution in [0.1, 0.15) is 11.0 Å². The molecule has 1 saturated heterocycles. The highest BCUT2D eigenvalue weighted by Crippen LogP contribution is 2.27. The molecule has 3 heteroatoms. The number of aliphatic hydroxyl groups excluding tert-OH is 1. The molecule has 1 fully saturated rings. The smallest absolute Gasteiger partial charge is 0.0934 e. The Bertz CT molecular complexity index is 218. The first-order chi connectivity index (χ1) is 5.38. The van der Waals surface area contributed by atoms with E-state index in [1.54, 1.807) is 11.3 Å². The van der Waals surface area contributed by atoms with Gasteiger partial charge in [-0.2, -0.15) is 0 Å². The third-order valence-corrected chi connectivity index (χ3v) is 3.04. The Hall–Kier alpha value is -0.380. The van der Waals surface area contributed by atoms with E-state index in [1.807, 2.05) is 17.5 Å². The summed E-state index contributed by atoms with van der Waals surface area (Å²) in [6, 6.07) is 3.98. The zero-order valence-corrected chi connectivity index (χ0v) is 6.97. The molecule has 60 valence electrons. The van der Waals surface area contributed by atoms with Gasteiger partial charge in [0, 0.05) is 23.9 Å². The Morgan fingerprint density at radius 1 is 1.64 bits per heavy atom. The predicted octanol–water partition coefficient (Wildman–Crippen LogP) is 1.00. The van der Waals surface area contributed by atoms with Gasteiger partial charge >= 0.3 is 0 Å². The van der Waals surface area contributed by atoms with Crippen LogP contribution in [0, 0.1) is 5.92 Å². The van der Waals surface area contributed by atoms with Crippen molar-refractivity contribution >= 4 is 11.3 Å². The first-order valence-electron chi connectivity index (χ1n) is 3.80. The van der Waals surface area contributed by atoms with Crippen LogP contribution in [-0.2, 0) is 0 Å². The first-order valence-corrected chi connectivity index (χ1v) is 4.68. The monoisotopic (exact) mass is 169 g/mol. The fraction of sp³-hybridized carbons (Fsp3) is 0.500. The van der Waals surface area contributed by atoms with Gasteiger partial charge in [0.15, 0.2) is 0 Å². The molecule has 0 aromatic carbocycles. The minimum absolute atomic E-state index is 0.240. The van der Waals surface area contributed by atoms with Crippen molar-refractivity contribution < 1.29 is 5.11 Å². The van der Waals surface area contributed by atoms with Crippen molar-refractivity contribution in [1.29, 1.82) is 0 Å². The molecule has 1 aromatic rings. The van der Waals surface area contributed by atoms with E-state index in [0.717, 1.165) is 18.0 Å². The third kappa shape index (κ3) is 1.31. The molecule has 2 rings (SSSR count). The molecule has 0 aliphatic carbocycles. The van der Waals surface area contributed by atoms with Gasteiger partial charge < -0.3 is 10.4 Å². The summed E-state index contributed by atoms with van der Waals surface area (Å²) in [4.78, 5) is 1.09. The molecule has 1 aromatic heterocycles. The van der Waals surface area contributed by atoms with Gasteiger partial charge in [-0.25, -0.2) is 0 Å². The molecular formula is C8H11NOS. The number of hydrogen-bond acceptors (Lipinski definition) is 3. The number of aliphatic hydroxyl groups is 1. The summed E-state index contributed by atoms with van der Waals surface area (Å²) < 4.78 is 0. The van der Waals surface area contributed by atoms with Crippen molar-refractivity contribution in [1.82, 2.24) is 5.32 Å². The van der Waals surface area contributed by atoms with Crippen molar-refractivity contribution in [2.24, 2.45) is 5.92 Å². The molecule has 1 aliphatic rings. The zero-order valence-electron chi connectivity index (χ0n) is 6.16. The molecule has 2 heterocycles. The van der Waals surface area contributed by atoms with E-state index in [-0.39, 0.29) is 6.10 Å². The average Bonchev–Trinajstić information content (AvgIpc) is 2.32. The molecule has 2 nitrogen and oxygen atoms in total. The largest absolute Gasteiger partial charge is 0.387 e. The summed E-state index contributed by atoms with van der Waals surface area (Å²) in [5, 5.41) is 14.9. The lowest BCUT2D eigenvalue weighted by Gasteiger charge is -2.30. The van der Waals surface area contributed by atoms with Gasteiger partial charge in [0.1, 0.15) is 0 Å². The summed E-state index contributed by atoms with van der Waals surface area (Å²) in [7, 11) is 0. The summed E-state index contributed by atoms with van der Waals surface area (Å²) >= 11 is 1.63. The van der Waals surface area contributed by atoms with Gasteiger partial charge in [0.2, 0.25) is 0 Å². The second kappa shape index (κ2) is 2.93. The van der Waals surface area contributed by atoms with Gasteiger partial charge in [-0.1, -0.05) is 6.07 Å². The van der Waals surface area contributed by atoms with E-state index < -0.39 is 0 Å². The molecule has 0 spiro atoms. The van der Waals surface area contributed by atoms with Crippen LogP contribution in [0.25, 0.3) is 0 Å². The Kier molecular flexibility index (Phi) is 1.94. The van der Waals surface area contributed by atoms with Gasteiger partial charge in [-0.05, 0) is 11.4 Å². The molecule has 1 aliphatic heterocycles. The Morgan fingerprint density at radius 2 is 2.45 bits per heavy atom. The first kappa shape index (κ1) is 7.28. The SMILES string of the molecule is OC(c1cccs1)C1CNC1. The summed E-state index contributed by atoms with van der Waals surface area (Å²) in [5.41, 5.74) is 0. The summed E-state index contributed by atoms with van der Waals surface area (Å²) in [6.45, 7) is 1.91. The third-order valence-electron chi connectivity index (χ3n) is 2.09. The number of hydrogen-bond donors (Lipinski definition) is 2. The predicted molar refractivity (Wildman–Crippen MR) is 45.6 cm³/mol. The van der Waals surface area contributed by atoms with Crippen LogP contribution in [0.2, 0.25) is 0 Å². The van der Waals surface area contributed by atoms with E-state index in [4.69, 9.17) is 0 Å². The van der Waals surface area contributed by atoms with E-state index in [1.165, 1.54) is 0 Å². The molecule has 1 unspecified atom stereocenters. The Labute approximate surface area is 69.9 Å². The molecule has 0 saturated carbocycles. The van der Waals surface area contributed by atoms with Crippen LogP contribution in [0.5, 0.6) is 0 Å². The van der Waals surface area contributed by atoms with Gasteiger partial charge in [0.05, 0.1) is 6.10 Å². The molecule has 1 atom stereocenters. The Morgan fingerprint density at radius 3 is 2.91 bits per heavy atom. The highest BCUT2D eigenvalue weighted by molar-refractivity contribution is 7.10. The minimum Gasteiger partial charge on any atom is -0.387 e. The van der Waals surface area contributed by atoms with E-state index >= 15 is 0 Å². The van der Waals surface area contributed by atoms with E-state index in [2.05, 4.69) is 5.32 Å². The molecule has 0 radical (unpaired) electrons. The number of rotatable bonds is 2. The van der Waals surface area contributed by atoms with Crippen LogP contribution in [0.4, 0.5) is 0 Å². The average molecular weight is 169 g/mol. The summed E-state index contributed by atoms with van der Waals surface area (Å²) in [5.74, 6) is 0.439. The second-order valence-electron chi connectivity index (χ2n) is 2.88. The lowest BCUT2D eigenvalue weighted by Crippen LogP contribution is -2.45. The Balaban J connectivity index is 2.04. The van der Waals surface area contributed by atoms with Crippen molar-refractivity contribution in [2.45, 2.75) is 6.10 Å². The van der Waals surface area contributed by atoms with Crippen LogP contribution < -0.4 is 5.32 Å². The van der Waals surface area contributed by atoms with Crippen molar-refractivity contribution in [3.63, 3.8) is 0 Å². The molecule has 0 bridgehead atoms. The normalized spacial score (nSPS) is 21.2. The van der Waals surface area contributed by atoms with Crippen LogP contribution in [-0.4, -0.2) is 18.2 Å². The summed E-state index contributed by atoms with van der Waals surface area (Å²) in [6.07, 6.45) is -0.240. The maximum absolute atomic E-state index is 9.70. The lowest BCUT2D eigenvalue weighted by atomic mass is 9.95. The lowest BCUT2D eigenvalue weighted by molar-refractivity contribution is 0.0797. The maximum Gasteiger partial charge on any atom is 0.0934 e.